The van der Waals surface area contributed by atoms with Crippen molar-refractivity contribution in [2.24, 2.45) is 0 Å². The maximum Gasteiger partial charge on any atom is 0.354 e. The molecule has 0 aliphatic rings. The molecular formula is C15H13ClN2O3. The first-order chi connectivity index (χ1) is 9.97. The van der Waals surface area contributed by atoms with Crippen LogP contribution >= 0.6 is 11.6 Å². The van der Waals surface area contributed by atoms with Gasteiger partial charge >= 0.3 is 5.97 Å². The minimum absolute atomic E-state index is 0.168. The summed E-state index contributed by atoms with van der Waals surface area (Å²) in [5.41, 5.74) is 0.942. The quantitative estimate of drug-likeness (QED) is 0.910. The third kappa shape index (κ3) is 3.79. The third-order valence-corrected chi connectivity index (χ3v) is 3.17. The molecule has 0 spiro atoms. The van der Waals surface area contributed by atoms with Gasteiger partial charge in [-0.15, -0.1) is 0 Å². The van der Waals surface area contributed by atoms with E-state index in [0.717, 1.165) is 5.56 Å². The van der Waals surface area contributed by atoms with Gasteiger partial charge in [0.05, 0.1) is 6.04 Å². The standard InChI is InChI=1S/C15H13ClN2O3/c1-9(10-3-2-4-12(16)7-10)18-14(19)11-5-6-17-13(8-11)15(20)21/h2-9H,1H3,(H,18,19)(H,20,21). The van der Waals surface area contributed by atoms with Crippen LogP contribution in [0.3, 0.4) is 0 Å². The molecule has 108 valence electrons. The number of rotatable bonds is 4. The van der Waals surface area contributed by atoms with Crippen LogP contribution < -0.4 is 5.32 Å². The van der Waals surface area contributed by atoms with Gasteiger partial charge in [-0.05, 0) is 36.8 Å². The fraction of sp³-hybridized carbons (Fsp3) is 0.133. The van der Waals surface area contributed by atoms with Crippen molar-refractivity contribution in [3.63, 3.8) is 0 Å². The van der Waals surface area contributed by atoms with Crippen molar-refractivity contribution in [3.05, 3.63) is 64.4 Å². The second kappa shape index (κ2) is 6.37. The van der Waals surface area contributed by atoms with Crippen LogP contribution in [0.15, 0.2) is 42.6 Å². The monoisotopic (exact) mass is 304 g/mol. The number of carboxylic acids is 1. The van der Waals surface area contributed by atoms with E-state index < -0.39 is 5.97 Å². The van der Waals surface area contributed by atoms with E-state index >= 15 is 0 Å². The van der Waals surface area contributed by atoms with Gasteiger partial charge in [0.25, 0.3) is 5.91 Å². The van der Waals surface area contributed by atoms with Crippen molar-refractivity contribution in [1.29, 1.82) is 0 Å². The lowest BCUT2D eigenvalue weighted by atomic mass is 10.1. The number of benzene rings is 1. The first-order valence-electron chi connectivity index (χ1n) is 6.23. The summed E-state index contributed by atoms with van der Waals surface area (Å²) in [6.45, 7) is 1.82. The highest BCUT2D eigenvalue weighted by molar-refractivity contribution is 6.30. The van der Waals surface area contributed by atoms with Gasteiger partial charge in [-0.2, -0.15) is 0 Å². The molecule has 1 aromatic heterocycles. The van der Waals surface area contributed by atoms with Gasteiger partial charge in [-0.1, -0.05) is 23.7 Å². The maximum atomic E-state index is 12.1. The second-order valence-corrected chi connectivity index (χ2v) is 4.92. The van der Waals surface area contributed by atoms with Crippen molar-refractivity contribution < 1.29 is 14.7 Å². The zero-order valence-corrected chi connectivity index (χ0v) is 12.0. The lowest BCUT2D eigenvalue weighted by Gasteiger charge is -2.14. The fourth-order valence-corrected chi connectivity index (χ4v) is 2.03. The lowest BCUT2D eigenvalue weighted by molar-refractivity contribution is 0.0690. The van der Waals surface area contributed by atoms with E-state index in [2.05, 4.69) is 10.3 Å². The Morgan fingerprint density at radius 1 is 1.29 bits per heavy atom. The van der Waals surface area contributed by atoms with Crippen LogP contribution in [-0.2, 0) is 0 Å². The number of nitrogens with zero attached hydrogens (tertiary/aromatic N) is 1. The SMILES string of the molecule is CC(NC(=O)c1ccnc(C(=O)O)c1)c1cccc(Cl)c1. The molecule has 2 aromatic rings. The molecule has 1 unspecified atom stereocenters. The van der Waals surface area contributed by atoms with Gasteiger partial charge < -0.3 is 10.4 Å². The number of carboxylic acid groups (broad SMARTS) is 1. The lowest BCUT2D eigenvalue weighted by Crippen LogP contribution is -2.27. The van der Waals surface area contributed by atoms with Crippen LogP contribution in [-0.4, -0.2) is 22.0 Å². The summed E-state index contributed by atoms with van der Waals surface area (Å²) in [4.78, 5) is 26.6. The number of carbonyl (C=O) groups is 2. The summed E-state index contributed by atoms with van der Waals surface area (Å²) in [6, 6.07) is 9.62. The highest BCUT2D eigenvalue weighted by Gasteiger charge is 2.14. The predicted molar refractivity (Wildman–Crippen MR) is 78.5 cm³/mol. The highest BCUT2D eigenvalue weighted by Crippen LogP contribution is 2.17. The Morgan fingerprint density at radius 3 is 2.71 bits per heavy atom. The van der Waals surface area contributed by atoms with Gasteiger partial charge in [-0.3, -0.25) is 4.79 Å². The van der Waals surface area contributed by atoms with Gasteiger partial charge in [0.2, 0.25) is 0 Å². The predicted octanol–water partition coefficient (Wildman–Crippen LogP) is 2.92. The first-order valence-corrected chi connectivity index (χ1v) is 6.61. The Labute approximate surface area is 126 Å². The molecule has 1 aromatic carbocycles. The smallest absolute Gasteiger partial charge is 0.354 e. The van der Waals surface area contributed by atoms with E-state index in [4.69, 9.17) is 16.7 Å². The molecule has 21 heavy (non-hydrogen) atoms. The number of halogens is 1. The Kier molecular flexibility index (Phi) is 4.55. The Balaban J connectivity index is 2.14. The number of aromatic carboxylic acids is 1. The molecule has 0 saturated heterocycles. The number of nitrogens with one attached hydrogen (secondary N) is 1. The van der Waals surface area contributed by atoms with Crippen LogP contribution in [0.5, 0.6) is 0 Å². The molecule has 0 radical (unpaired) electrons. The van der Waals surface area contributed by atoms with Crippen LogP contribution in [0.4, 0.5) is 0 Å². The van der Waals surface area contributed by atoms with Gasteiger partial charge in [0, 0.05) is 16.8 Å². The topological polar surface area (TPSA) is 79.3 Å². The molecule has 2 rings (SSSR count). The Hall–Kier alpha value is -2.40. The van der Waals surface area contributed by atoms with E-state index in [1.54, 1.807) is 18.2 Å². The second-order valence-electron chi connectivity index (χ2n) is 4.49. The van der Waals surface area contributed by atoms with Crippen LogP contribution in [0.25, 0.3) is 0 Å². The average Bonchev–Trinajstić information content (AvgIpc) is 2.47. The minimum atomic E-state index is -1.17. The normalized spacial score (nSPS) is 11.7. The molecule has 2 N–H and O–H groups in total. The summed E-state index contributed by atoms with van der Waals surface area (Å²) < 4.78 is 0. The molecule has 0 aliphatic carbocycles. The van der Waals surface area contributed by atoms with Crippen molar-refractivity contribution in [3.8, 4) is 0 Å². The van der Waals surface area contributed by atoms with Crippen molar-refractivity contribution >= 4 is 23.5 Å². The average molecular weight is 305 g/mol. The molecule has 0 saturated carbocycles. The molecule has 0 bridgehead atoms. The Morgan fingerprint density at radius 2 is 2.05 bits per heavy atom. The third-order valence-electron chi connectivity index (χ3n) is 2.94. The van der Waals surface area contributed by atoms with E-state index in [9.17, 15) is 9.59 Å². The molecule has 0 fully saturated rings. The molecule has 6 heteroatoms. The summed E-state index contributed by atoms with van der Waals surface area (Å²) in [7, 11) is 0. The number of aromatic nitrogens is 1. The van der Waals surface area contributed by atoms with Gasteiger partial charge in [0.1, 0.15) is 5.69 Å². The summed E-state index contributed by atoms with van der Waals surface area (Å²) in [5.74, 6) is -1.54. The molecule has 0 aliphatic heterocycles. The number of hydrogen-bond donors (Lipinski definition) is 2. The summed E-state index contributed by atoms with van der Waals surface area (Å²) in [5, 5.41) is 12.2. The summed E-state index contributed by atoms with van der Waals surface area (Å²) in [6.07, 6.45) is 1.29. The number of carbonyl (C=O) groups excluding carboxylic acids is 1. The first kappa shape index (κ1) is 15.0. The van der Waals surface area contributed by atoms with E-state index in [1.165, 1.54) is 18.3 Å². The molecule has 1 amide bonds. The maximum absolute atomic E-state index is 12.1. The Bertz CT molecular complexity index is 688. The van der Waals surface area contributed by atoms with E-state index in [1.807, 2.05) is 13.0 Å². The zero-order chi connectivity index (χ0) is 15.4. The van der Waals surface area contributed by atoms with Gasteiger partial charge in [-0.25, -0.2) is 9.78 Å². The van der Waals surface area contributed by atoms with Crippen LogP contribution in [0.2, 0.25) is 5.02 Å². The van der Waals surface area contributed by atoms with E-state index in [0.29, 0.717) is 5.02 Å². The molecule has 1 heterocycles. The van der Waals surface area contributed by atoms with Crippen molar-refractivity contribution in [2.75, 3.05) is 0 Å². The molecule has 1 atom stereocenters. The zero-order valence-electron chi connectivity index (χ0n) is 11.2. The number of pyridine rings is 1. The number of amides is 1. The fourth-order valence-electron chi connectivity index (χ4n) is 1.83. The minimum Gasteiger partial charge on any atom is -0.477 e. The van der Waals surface area contributed by atoms with Crippen molar-refractivity contribution in [2.45, 2.75) is 13.0 Å². The molecule has 5 nitrogen and oxygen atoms in total. The number of hydrogen-bond acceptors (Lipinski definition) is 3. The van der Waals surface area contributed by atoms with E-state index in [-0.39, 0.29) is 23.2 Å². The van der Waals surface area contributed by atoms with Crippen LogP contribution in [0, 0.1) is 0 Å². The van der Waals surface area contributed by atoms with Crippen LogP contribution in [0.1, 0.15) is 39.4 Å². The molecular weight excluding hydrogens is 292 g/mol. The largest absolute Gasteiger partial charge is 0.477 e. The van der Waals surface area contributed by atoms with Crippen molar-refractivity contribution in [1.82, 2.24) is 10.3 Å². The van der Waals surface area contributed by atoms with Gasteiger partial charge in [0.15, 0.2) is 0 Å². The summed E-state index contributed by atoms with van der Waals surface area (Å²) >= 11 is 5.91. The highest BCUT2D eigenvalue weighted by atomic mass is 35.5.